The van der Waals surface area contributed by atoms with E-state index in [0.717, 1.165) is 31.5 Å². The summed E-state index contributed by atoms with van der Waals surface area (Å²) in [5.41, 5.74) is -2.30. The second-order valence-electron chi connectivity index (χ2n) is 6.75. The lowest BCUT2D eigenvalue weighted by molar-refractivity contribution is -0.140. The van der Waals surface area contributed by atoms with Gasteiger partial charge in [0.15, 0.2) is 0 Å². The molecule has 8 heteroatoms. The Bertz CT molecular complexity index is 659. The molecule has 1 saturated carbocycles. The van der Waals surface area contributed by atoms with Gasteiger partial charge in [-0.05, 0) is 43.5 Å². The van der Waals surface area contributed by atoms with Gasteiger partial charge in [0.1, 0.15) is 11.4 Å². The van der Waals surface area contributed by atoms with E-state index in [2.05, 4.69) is 10.6 Å². The molecule has 1 heterocycles. The SMILES string of the molecule is CC1C[C@]1(OC(=O)NCC1CCCN1)c1ccc(F)c(C(F)(F)F)c1. The van der Waals surface area contributed by atoms with Gasteiger partial charge >= 0.3 is 12.3 Å². The van der Waals surface area contributed by atoms with Crippen LogP contribution in [0.15, 0.2) is 18.2 Å². The van der Waals surface area contributed by atoms with Gasteiger partial charge in [-0.3, -0.25) is 0 Å². The largest absolute Gasteiger partial charge is 0.438 e. The molecular weight excluding hydrogens is 340 g/mol. The zero-order valence-corrected chi connectivity index (χ0v) is 13.8. The van der Waals surface area contributed by atoms with Crippen LogP contribution < -0.4 is 10.6 Å². The summed E-state index contributed by atoms with van der Waals surface area (Å²) in [4.78, 5) is 12.1. The molecule has 1 amide bonds. The average Bonchev–Trinajstić information content (AvgIpc) is 2.96. The van der Waals surface area contributed by atoms with Crippen molar-refractivity contribution in [3.63, 3.8) is 0 Å². The molecule has 1 aliphatic heterocycles. The highest BCUT2D eigenvalue weighted by atomic mass is 19.4. The topological polar surface area (TPSA) is 50.4 Å². The van der Waals surface area contributed by atoms with E-state index in [1.165, 1.54) is 6.07 Å². The number of nitrogens with one attached hydrogen (secondary N) is 2. The summed E-state index contributed by atoms with van der Waals surface area (Å²) < 4.78 is 57.7. The molecule has 1 aliphatic carbocycles. The third-order valence-corrected chi connectivity index (χ3v) is 4.94. The molecule has 4 nitrogen and oxygen atoms in total. The monoisotopic (exact) mass is 360 g/mol. The first-order valence-electron chi connectivity index (χ1n) is 8.30. The lowest BCUT2D eigenvalue weighted by Gasteiger charge is -2.21. The van der Waals surface area contributed by atoms with Crippen molar-refractivity contribution in [1.29, 1.82) is 0 Å². The predicted octanol–water partition coefficient (Wildman–Crippen LogP) is 3.56. The molecule has 2 aliphatic rings. The summed E-state index contributed by atoms with van der Waals surface area (Å²) in [5, 5.41) is 5.87. The fourth-order valence-electron chi connectivity index (χ4n) is 3.34. The number of alkyl carbamates (subject to hydrolysis) is 1. The highest BCUT2D eigenvalue weighted by molar-refractivity contribution is 5.68. The second kappa shape index (κ2) is 6.48. The number of ether oxygens (including phenoxy) is 1. The van der Waals surface area contributed by atoms with Gasteiger partial charge in [0, 0.05) is 18.5 Å². The number of carbonyl (C=O) groups is 1. The fraction of sp³-hybridized carbons (Fsp3) is 0.588. The summed E-state index contributed by atoms with van der Waals surface area (Å²) in [7, 11) is 0. The Labute approximate surface area is 142 Å². The lowest BCUT2D eigenvalue weighted by Crippen LogP contribution is -2.39. The number of rotatable bonds is 4. The molecule has 1 aromatic rings. The number of benzene rings is 1. The van der Waals surface area contributed by atoms with Crippen molar-refractivity contribution in [1.82, 2.24) is 10.6 Å². The standard InChI is InChI=1S/C17H20F4N2O2/c1-10-8-16(10,25-15(24)23-9-12-3-2-6-22-12)11-4-5-14(18)13(7-11)17(19,20)21/h4-5,7,10,12,22H,2-3,6,8-9H2,1H3,(H,23,24)/t10?,12?,16-/m1/s1. The maximum Gasteiger partial charge on any atom is 0.419 e. The van der Waals surface area contributed by atoms with Crippen molar-refractivity contribution in [2.75, 3.05) is 13.1 Å². The van der Waals surface area contributed by atoms with Gasteiger partial charge in [-0.1, -0.05) is 13.0 Å². The molecule has 1 aromatic carbocycles. The average molecular weight is 360 g/mol. The predicted molar refractivity (Wildman–Crippen MR) is 82.4 cm³/mol. The van der Waals surface area contributed by atoms with Crippen LogP contribution in [-0.2, 0) is 16.5 Å². The molecule has 2 N–H and O–H groups in total. The van der Waals surface area contributed by atoms with Gasteiger partial charge in [0.25, 0.3) is 0 Å². The van der Waals surface area contributed by atoms with Gasteiger partial charge in [-0.2, -0.15) is 13.2 Å². The summed E-state index contributed by atoms with van der Waals surface area (Å²) in [6.45, 7) is 3.08. The number of hydrogen-bond acceptors (Lipinski definition) is 3. The third-order valence-electron chi connectivity index (χ3n) is 4.94. The first-order valence-corrected chi connectivity index (χ1v) is 8.30. The number of hydrogen-bond donors (Lipinski definition) is 2. The summed E-state index contributed by atoms with van der Waals surface area (Å²) in [5.74, 6) is -1.47. The van der Waals surface area contributed by atoms with E-state index >= 15 is 0 Å². The van der Waals surface area contributed by atoms with Crippen molar-refractivity contribution in [3.05, 3.63) is 35.1 Å². The van der Waals surface area contributed by atoms with E-state index < -0.39 is 29.3 Å². The minimum absolute atomic E-state index is 0.130. The van der Waals surface area contributed by atoms with Crippen LogP contribution in [0, 0.1) is 11.7 Å². The Morgan fingerprint density at radius 2 is 2.16 bits per heavy atom. The molecule has 138 valence electrons. The highest BCUT2D eigenvalue weighted by Crippen LogP contribution is 2.55. The van der Waals surface area contributed by atoms with E-state index in [1.54, 1.807) is 6.92 Å². The number of amides is 1. The van der Waals surface area contributed by atoms with Crippen molar-refractivity contribution in [3.8, 4) is 0 Å². The van der Waals surface area contributed by atoms with Gasteiger partial charge in [0.05, 0.1) is 5.56 Å². The van der Waals surface area contributed by atoms with Crippen LogP contribution in [0.3, 0.4) is 0 Å². The maximum absolute atomic E-state index is 13.5. The Morgan fingerprint density at radius 3 is 2.72 bits per heavy atom. The Kier molecular flexibility index (Phi) is 4.66. The van der Waals surface area contributed by atoms with Gasteiger partial charge in [-0.25, -0.2) is 9.18 Å². The van der Waals surface area contributed by atoms with Crippen LogP contribution in [-0.4, -0.2) is 25.2 Å². The molecule has 0 spiro atoms. The van der Waals surface area contributed by atoms with Crippen LogP contribution in [0.5, 0.6) is 0 Å². The quantitative estimate of drug-likeness (QED) is 0.808. The zero-order valence-electron chi connectivity index (χ0n) is 13.8. The minimum Gasteiger partial charge on any atom is -0.438 e. The van der Waals surface area contributed by atoms with Crippen molar-refractivity contribution >= 4 is 6.09 Å². The fourth-order valence-corrected chi connectivity index (χ4v) is 3.34. The van der Waals surface area contributed by atoms with Crippen LogP contribution in [0.2, 0.25) is 0 Å². The highest BCUT2D eigenvalue weighted by Gasteiger charge is 2.57. The molecule has 0 aromatic heterocycles. The Hall–Kier alpha value is -1.83. The second-order valence-corrected chi connectivity index (χ2v) is 6.75. The zero-order chi connectivity index (χ0) is 18.2. The van der Waals surface area contributed by atoms with E-state index in [4.69, 9.17) is 4.74 Å². The van der Waals surface area contributed by atoms with E-state index in [1.807, 2.05) is 0 Å². The molecule has 3 rings (SSSR count). The van der Waals surface area contributed by atoms with Crippen LogP contribution in [0.4, 0.5) is 22.4 Å². The number of carbonyl (C=O) groups excluding carboxylic acids is 1. The first-order chi connectivity index (χ1) is 11.7. The number of halogens is 4. The molecule has 0 bridgehead atoms. The Balaban J connectivity index is 1.71. The summed E-state index contributed by atoms with van der Waals surface area (Å²) in [6.07, 6.45) is -3.07. The molecule has 3 atom stereocenters. The Morgan fingerprint density at radius 1 is 1.44 bits per heavy atom. The van der Waals surface area contributed by atoms with E-state index in [-0.39, 0.29) is 17.5 Å². The van der Waals surface area contributed by atoms with Gasteiger partial charge in [0.2, 0.25) is 0 Å². The maximum atomic E-state index is 13.5. The van der Waals surface area contributed by atoms with Gasteiger partial charge in [-0.15, -0.1) is 0 Å². The molecule has 0 radical (unpaired) electrons. The lowest BCUT2D eigenvalue weighted by atomic mass is 10.0. The van der Waals surface area contributed by atoms with Crippen LogP contribution >= 0.6 is 0 Å². The smallest absolute Gasteiger partial charge is 0.419 e. The summed E-state index contributed by atoms with van der Waals surface area (Å²) in [6, 6.07) is 2.95. The first kappa shape index (κ1) is 18.0. The molecule has 25 heavy (non-hydrogen) atoms. The normalized spacial score (nSPS) is 28.7. The van der Waals surface area contributed by atoms with E-state index in [9.17, 15) is 22.4 Å². The van der Waals surface area contributed by atoms with Crippen molar-refractivity contribution in [2.45, 2.75) is 44.0 Å². The summed E-state index contributed by atoms with van der Waals surface area (Å²) >= 11 is 0. The number of alkyl halides is 3. The molecular formula is C17H20F4N2O2. The van der Waals surface area contributed by atoms with E-state index in [0.29, 0.717) is 13.0 Å². The minimum atomic E-state index is -4.80. The molecule has 2 unspecified atom stereocenters. The van der Waals surface area contributed by atoms with Crippen molar-refractivity contribution in [2.24, 2.45) is 5.92 Å². The molecule has 1 saturated heterocycles. The third kappa shape index (κ3) is 3.73. The van der Waals surface area contributed by atoms with Gasteiger partial charge < -0.3 is 15.4 Å². The molecule has 2 fully saturated rings. The van der Waals surface area contributed by atoms with Crippen molar-refractivity contribution < 1.29 is 27.1 Å². The van der Waals surface area contributed by atoms with Crippen LogP contribution in [0.1, 0.15) is 37.3 Å². The van der Waals surface area contributed by atoms with Crippen LogP contribution in [0.25, 0.3) is 0 Å².